The van der Waals surface area contributed by atoms with Crippen LogP contribution in [0.15, 0.2) is 18.2 Å². The predicted molar refractivity (Wildman–Crippen MR) is 76.3 cm³/mol. The molecule has 0 spiro atoms. The maximum atomic E-state index is 10.9. The van der Waals surface area contributed by atoms with E-state index < -0.39 is 4.92 Å². The highest BCUT2D eigenvalue weighted by atomic mass is 32.1. The normalized spacial score (nSPS) is 10.5. The molecule has 8 heteroatoms. The standard InChI is InChI=1S/C12H14N4O3S/c1-3-6-15-11(13-14-12(15)20)8-4-5-9(16(17)18)10(7-8)19-2/h4-5,7H,3,6H2,1-2H3,(H,14,20). The number of nitro benzene ring substituents is 1. The summed E-state index contributed by atoms with van der Waals surface area (Å²) in [6, 6.07) is 4.63. The Morgan fingerprint density at radius 2 is 2.30 bits per heavy atom. The molecule has 0 aliphatic carbocycles. The zero-order valence-corrected chi connectivity index (χ0v) is 11.9. The summed E-state index contributed by atoms with van der Waals surface area (Å²) in [7, 11) is 1.40. The largest absolute Gasteiger partial charge is 0.490 e. The van der Waals surface area contributed by atoms with E-state index in [2.05, 4.69) is 10.2 Å². The highest BCUT2D eigenvalue weighted by Gasteiger charge is 2.17. The van der Waals surface area contributed by atoms with Crippen LogP contribution < -0.4 is 4.74 Å². The summed E-state index contributed by atoms with van der Waals surface area (Å²) in [5.41, 5.74) is 0.640. The lowest BCUT2D eigenvalue weighted by Gasteiger charge is -2.07. The van der Waals surface area contributed by atoms with Crippen molar-refractivity contribution in [3.8, 4) is 17.1 Å². The molecular formula is C12H14N4O3S. The molecule has 106 valence electrons. The summed E-state index contributed by atoms with van der Waals surface area (Å²) in [6.45, 7) is 2.76. The lowest BCUT2D eigenvalue weighted by Crippen LogP contribution is -2.01. The Morgan fingerprint density at radius 1 is 1.55 bits per heavy atom. The molecule has 2 rings (SSSR count). The van der Waals surface area contributed by atoms with Crippen molar-refractivity contribution in [2.24, 2.45) is 0 Å². The van der Waals surface area contributed by atoms with E-state index in [9.17, 15) is 10.1 Å². The van der Waals surface area contributed by atoms with Gasteiger partial charge in [-0.05, 0) is 30.8 Å². The van der Waals surface area contributed by atoms with Crippen LogP contribution in [-0.4, -0.2) is 26.8 Å². The number of nitro groups is 1. The van der Waals surface area contributed by atoms with Crippen LogP contribution >= 0.6 is 12.2 Å². The van der Waals surface area contributed by atoms with Crippen LogP contribution in [-0.2, 0) is 6.54 Å². The molecule has 0 amide bonds. The van der Waals surface area contributed by atoms with Crippen molar-refractivity contribution in [3.63, 3.8) is 0 Å². The number of aromatic amines is 1. The molecule has 0 aliphatic rings. The van der Waals surface area contributed by atoms with E-state index >= 15 is 0 Å². The topological polar surface area (TPSA) is 86.0 Å². The number of ether oxygens (including phenoxy) is 1. The monoisotopic (exact) mass is 294 g/mol. The number of nitrogens with one attached hydrogen (secondary N) is 1. The molecule has 1 aromatic carbocycles. The zero-order valence-electron chi connectivity index (χ0n) is 11.1. The van der Waals surface area contributed by atoms with Gasteiger partial charge >= 0.3 is 5.69 Å². The third-order valence-electron chi connectivity index (χ3n) is 2.84. The maximum Gasteiger partial charge on any atom is 0.310 e. The van der Waals surface area contributed by atoms with Crippen molar-refractivity contribution >= 4 is 17.9 Å². The summed E-state index contributed by atoms with van der Waals surface area (Å²) >= 11 is 5.17. The molecule has 0 saturated carbocycles. The zero-order chi connectivity index (χ0) is 14.7. The van der Waals surface area contributed by atoms with Crippen LogP contribution in [0.5, 0.6) is 5.75 Å². The van der Waals surface area contributed by atoms with Crippen molar-refractivity contribution in [2.75, 3.05) is 7.11 Å². The van der Waals surface area contributed by atoms with Gasteiger partial charge < -0.3 is 9.30 Å². The quantitative estimate of drug-likeness (QED) is 0.520. The minimum atomic E-state index is -0.480. The molecule has 20 heavy (non-hydrogen) atoms. The molecule has 7 nitrogen and oxygen atoms in total. The molecule has 1 heterocycles. The van der Waals surface area contributed by atoms with Crippen molar-refractivity contribution in [1.82, 2.24) is 14.8 Å². The Bertz CT molecular complexity index is 692. The number of H-pyrrole nitrogens is 1. The smallest absolute Gasteiger partial charge is 0.310 e. The fourth-order valence-electron chi connectivity index (χ4n) is 1.94. The van der Waals surface area contributed by atoms with E-state index in [-0.39, 0.29) is 11.4 Å². The van der Waals surface area contributed by atoms with Crippen LogP contribution in [0, 0.1) is 14.9 Å². The van der Waals surface area contributed by atoms with Crippen LogP contribution in [0.2, 0.25) is 0 Å². The van der Waals surface area contributed by atoms with E-state index in [4.69, 9.17) is 17.0 Å². The van der Waals surface area contributed by atoms with Gasteiger partial charge in [0.25, 0.3) is 0 Å². The molecule has 0 saturated heterocycles. The van der Waals surface area contributed by atoms with Crippen LogP contribution in [0.3, 0.4) is 0 Å². The second-order valence-corrected chi connectivity index (χ2v) is 4.53. The van der Waals surface area contributed by atoms with Crippen molar-refractivity contribution in [1.29, 1.82) is 0 Å². The number of rotatable bonds is 5. The lowest BCUT2D eigenvalue weighted by molar-refractivity contribution is -0.385. The summed E-state index contributed by atoms with van der Waals surface area (Å²) in [5, 5.41) is 17.8. The summed E-state index contributed by atoms with van der Waals surface area (Å²) in [6.07, 6.45) is 0.908. The number of hydrogen-bond acceptors (Lipinski definition) is 5. The van der Waals surface area contributed by atoms with Crippen LogP contribution in [0.1, 0.15) is 13.3 Å². The Hall–Kier alpha value is -2.22. The molecule has 0 bridgehead atoms. The second kappa shape index (κ2) is 5.83. The van der Waals surface area contributed by atoms with Crippen molar-refractivity contribution < 1.29 is 9.66 Å². The van der Waals surface area contributed by atoms with Gasteiger partial charge in [0.2, 0.25) is 0 Å². The third kappa shape index (κ3) is 2.55. The highest BCUT2D eigenvalue weighted by Crippen LogP contribution is 2.31. The number of nitrogens with zero attached hydrogens (tertiary/aromatic N) is 3. The molecule has 0 unspecified atom stereocenters. The Balaban J connectivity index is 2.54. The van der Waals surface area contributed by atoms with Crippen LogP contribution in [0.25, 0.3) is 11.4 Å². The number of aromatic nitrogens is 3. The Kier molecular flexibility index (Phi) is 4.14. The maximum absolute atomic E-state index is 10.9. The van der Waals surface area contributed by atoms with Crippen molar-refractivity contribution in [3.05, 3.63) is 33.1 Å². The Labute approximate surface area is 120 Å². The third-order valence-corrected chi connectivity index (χ3v) is 3.15. The van der Waals surface area contributed by atoms with Gasteiger partial charge in [0, 0.05) is 18.2 Å². The molecule has 1 aromatic heterocycles. The fourth-order valence-corrected chi connectivity index (χ4v) is 2.16. The molecule has 2 aromatic rings. The minimum Gasteiger partial charge on any atom is -0.490 e. The molecular weight excluding hydrogens is 280 g/mol. The van der Waals surface area contributed by atoms with Gasteiger partial charge in [0.15, 0.2) is 16.3 Å². The summed E-state index contributed by atoms with van der Waals surface area (Å²) in [5.74, 6) is 0.842. The number of hydrogen-bond donors (Lipinski definition) is 1. The van der Waals surface area contributed by atoms with Gasteiger partial charge in [-0.3, -0.25) is 15.2 Å². The van der Waals surface area contributed by atoms with E-state index in [0.29, 0.717) is 16.2 Å². The number of methoxy groups -OCH3 is 1. The van der Waals surface area contributed by atoms with Gasteiger partial charge in [-0.2, -0.15) is 5.10 Å². The van der Waals surface area contributed by atoms with E-state index in [0.717, 1.165) is 13.0 Å². The second-order valence-electron chi connectivity index (χ2n) is 4.15. The van der Waals surface area contributed by atoms with E-state index in [1.54, 1.807) is 12.1 Å². The minimum absolute atomic E-state index is 0.0765. The summed E-state index contributed by atoms with van der Waals surface area (Å²) in [4.78, 5) is 10.4. The first-order valence-corrected chi connectivity index (χ1v) is 6.47. The van der Waals surface area contributed by atoms with Gasteiger partial charge in [-0.1, -0.05) is 6.92 Å². The molecule has 0 aliphatic heterocycles. The average Bonchev–Trinajstić information content (AvgIpc) is 2.80. The Morgan fingerprint density at radius 3 is 2.90 bits per heavy atom. The first kappa shape index (κ1) is 14.2. The van der Waals surface area contributed by atoms with E-state index in [1.807, 2.05) is 11.5 Å². The summed E-state index contributed by atoms with van der Waals surface area (Å²) < 4.78 is 7.44. The molecule has 0 atom stereocenters. The first-order valence-electron chi connectivity index (χ1n) is 6.06. The average molecular weight is 294 g/mol. The molecule has 0 radical (unpaired) electrons. The highest BCUT2D eigenvalue weighted by molar-refractivity contribution is 7.71. The number of benzene rings is 1. The van der Waals surface area contributed by atoms with Gasteiger partial charge in [0.05, 0.1) is 12.0 Å². The van der Waals surface area contributed by atoms with Gasteiger partial charge in [-0.25, -0.2) is 0 Å². The first-order chi connectivity index (χ1) is 9.58. The van der Waals surface area contributed by atoms with Gasteiger partial charge in [0.1, 0.15) is 0 Å². The molecule has 1 N–H and O–H groups in total. The van der Waals surface area contributed by atoms with Gasteiger partial charge in [-0.15, -0.1) is 0 Å². The predicted octanol–water partition coefficient (Wildman–Crippen LogP) is 2.93. The van der Waals surface area contributed by atoms with Crippen LogP contribution in [0.4, 0.5) is 5.69 Å². The fraction of sp³-hybridized carbons (Fsp3) is 0.333. The lowest BCUT2D eigenvalue weighted by atomic mass is 10.1. The molecule has 0 fully saturated rings. The van der Waals surface area contributed by atoms with Crippen molar-refractivity contribution in [2.45, 2.75) is 19.9 Å². The van der Waals surface area contributed by atoms with E-state index in [1.165, 1.54) is 13.2 Å². The SMILES string of the molecule is CCCn1c(-c2ccc([N+](=O)[O-])c(OC)c2)n[nH]c1=S.